The molecule has 29 heavy (non-hydrogen) atoms. The van der Waals surface area contributed by atoms with E-state index in [0.29, 0.717) is 18.2 Å². The molecule has 0 aromatic heterocycles. The van der Waals surface area contributed by atoms with Gasteiger partial charge in [-0.05, 0) is 43.4 Å². The third kappa shape index (κ3) is 4.91. The monoisotopic (exact) mass is 406 g/mol. The Kier molecular flexibility index (Phi) is 6.05. The zero-order chi connectivity index (χ0) is 20.2. The van der Waals surface area contributed by atoms with Crippen molar-refractivity contribution in [2.75, 3.05) is 0 Å². The lowest BCUT2D eigenvalue weighted by Gasteiger charge is -2.39. The predicted molar refractivity (Wildman–Crippen MR) is 118 cm³/mol. The number of fused-ring (bicyclic) bond motifs is 1. The van der Waals surface area contributed by atoms with Gasteiger partial charge in [0.05, 0.1) is 4.91 Å². The number of thioether (sulfide) groups is 1. The summed E-state index contributed by atoms with van der Waals surface area (Å²) in [6, 6.07) is 18.2. The lowest BCUT2D eigenvalue weighted by atomic mass is 9.84. The average molecular weight is 407 g/mol. The summed E-state index contributed by atoms with van der Waals surface area (Å²) in [6.45, 7) is 2.60. The molecule has 2 aromatic rings. The third-order valence-corrected chi connectivity index (χ3v) is 7.09. The fourth-order valence-corrected chi connectivity index (χ4v) is 5.26. The number of carbonyl (C=O) groups excluding carboxylic acids is 2. The highest BCUT2D eigenvalue weighted by Crippen LogP contribution is 2.39. The number of carbonyl (C=O) groups is 2. The van der Waals surface area contributed by atoms with Gasteiger partial charge in [0.1, 0.15) is 0 Å². The SMILES string of the molecule is Cc1ccc(CNC(=O)C2CCC3S/C(=C\c4ccccc4)C(=O)NC3C2)cc1. The summed E-state index contributed by atoms with van der Waals surface area (Å²) in [5.41, 5.74) is 3.35. The number of nitrogens with one attached hydrogen (secondary N) is 2. The van der Waals surface area contributed by atoms with Gasteiger partial charge in [-0.1, -0.05) is 60.2 Å². The number of rotatable bonds is 4. The zero-order valence-corrected chi connectivity index (χ0v) is 17.4. The van der Waals surface area contributed by atoms with Crippen LogP contribution in [0.25, 0.3) is 6.08 Å². The number of benzene rings is 2. The van der Waals surface area contributed by atoms with Gasteiger partial charge in [-0.25, -0.2) is 0 Å². The summed E-state index contributed by atoms with van der Waals surface area (Å²) >= 11 is 1.66. The first kappa shape index (κ1) is 19.8. The fourth-order valence-electron chi connectivity index (χ4n) is 3.97. The standard InChI is InChI=1S/C24H26N2O2S/c1-16-7-9-18(10-8-16)15-25-23(27)19-11-12-21-20(14-19)26-24(28)22(29-21)13-17-5-3-2-4-6-17/h2-10,13,19-21H,11-12,14-15H2,1H3,(H,25,27)(H,26,28)/b22-13-. The highest BCUT2D eigenvalue weighted by molar-refractivity contribution is 8.04. The van der Waals surface area contributed by atoms with Crippen LogP contribution < -0.4 is 10.6 Å². The van der Waals surface area contributed by atoms with Gasteiger partial charge < -0.3 is 10.6 Å². The Balaban J connectivity index is 1.33. The van der Waals surface area contributed by atoms with Gasteiger partial charge in [-0.15, -0.1) is 11.8 Å². The molecule has 1 saturated heterocycles. The molecule has 0 radical (unpaired) electrons. The molecule has 0 bridgehead atoms. The summed E-state index contributed by atoms with van der Waals surface area (Å²) in [4.78, 5) is 26.0. The Hall–Kier alpha value is -2.53. The maximum Gasteiger partial charge on any atom is 0.257 e. The second-order valence-electron chi connectivity index (χ2n) is 7.87. The average Bonchev–Trinajstić information content (AvgIpc) is 2.74. The van der Waals surface area contributed by atoms with E-state index in [4.69, 9.17) is 0 Å². The summed E-state index contributed by atoms with van der Waals surface area (Å²) < 4.78 is 0. The molecule has 4 nitrogen and oxygen atoms in total. The molecule has 2 N–H and O–H groups in total. The first-order valence-electron chi connectivity index (χ1n) is 10.2. The summed E-state index contributed by atoms with van der Waals surface area (Å²) in [7, 11) is 0. The first-order chi connectivity index (χ1) is 14.1. The molecule has 2 fully saturated rings. The molecule has 2 aromatic carbocycles. The van der Waals surface area contributed by atoms with Crippen molar-refractivity contribution in [2.24, 2.45) is 5.92 Å². The number of amides is 2. The number of hydrogen-bond acceptors (Lipinski definition) is 3. The molecule has 1 heterocycles. The molecule has 0 spiro atoms. The third-order valence-electron chi connectivity index (χ3n) is 5.66. The van der Waals surface area contributed by atoms with E-state index in [1.807, 2.05) is 48.5 Å². The van der Waals surface area contributed by atoms with E-state index in [9.17, 15) is 9.59 Å². The Labute approximate surface area is 176 Å². The molecule has 5 heteroatoms. The van der Waals surface area contributed by atoms with E-state index < -0.39 is 0 Å². The van der Waals surface area contributed by atoms with Crippen LogP contribution >= 0.6 is 11.8 Å². The Bertz CT molecular complexity index is 908. The van der Waals surface area contributed by atoms with Gasteiger partial charge in [0.25, 0.3) is 5.91 Å². The molecule has 3 atom stereocenters. The second kappa shape index (κ2) is 8.87. The highest BCUT2D eigenvalue weighted by atomic mass is 32.2. The van der Waals surface area contributed by atoms with Crippen molar-refractivity contribution in [1.29, 1.82) is 0 Å². The minimum Gasteiger partial charge on any atom is -0.352 e. The van der Waals surface area contributed by atoms with Crippen molar-refractivity contribution in [2.45, 2.75) is 44.0 Å². The summed E-state index contributed by atoms with van der Waals surface area (Å²) in [6.07, 6.45) is 4.46. The molecule has 4 rings (SSSR count). The van der Waals surface area contributed by atoms with Crippen molar-refractivity contribution in [1.82, 2.24) is 10.6 Å². The molecule has 2 aliphatic rings. The van der Waals surface area contributed by atoms with Crippen LogP contribution in [0.15, 0.2) is 59.5 Å². The van der Waals surface area contributed by atoms with Gasteiger partial charge in [0.15, 0.2) is 0 Å². The maximum absolute atomic E-state index is 12.7. The van der Waals surface area contributed by atoms with Gasteiger partial charge >= 0.3 is 0 Å². The topological polar surface area (TPSA) is 58.2 Å². The van der Waals surface area contributed by atoms with E-state index >= 15 is 0 Å². The fraction of sp³-hybridized carbons (Fsp3) is 0.333. The maximum atomic E-state index is 12.7. The molecule has 1 aliphatic carbocycles. The predicted octanol–water partition coefficient (Wildman–Crippen LogP) is 4.05. The van der Waals surface area contributed by atoms with E-state index in [1.165, 1.54) is 5.56 Å². The number of hydrogen-bond donors (Lipinski definition) is 2. The van der Waals surface area contributed by atoms with E-state index in [-0.39, 0.29) is 23.8 Å². The van der Waals surface area contributed by atoms with E-state index in [1.54, 1.807) is 11.8 Å². The minimum absolute atomic E-state index is 0.0270. The first-order valence-corrected chi connectivity index (χ1v) is 11.0. The number of aryl methyl sites for hydroxylation is 1. The van der Waals surface area contributed by atoms with Gasteiger partial charge in [0, 0.05) is 23.8 Å². The molecular weight excluding hydrogens is 380 g/mol. The molecule has 1 saturated carbocycles. The molecule has 2 amide bonds. The van der Waals surface area contributed by atoms with Crippen LogP contribution in [0.5, 0.6) is 0 Å². The summed E-state index contributed by atoms with van der Waals surface area (Å²) in [5, 5.41) is 6.55. The summed E-state index contributed by atoms with van der Waals surface area (Å²) in [5.74, 6) is 0.0250. The van der Waals surface area contributed by atoms with Crippen LogP contribution in [0.1, 0.15) is 36.0 Å². The Morgan fingerprint density at radius 2 is 1.90 bits per heavy atom. The van der Waals surface area contributed by atoms with Crippen LogP contribution in [-0.4, -0.2) is 23.1 Å². The highest BCUT2D eigenvalue weighted by Gasteiger charge is 2.39. The van der Waals surface area contributed by atoms with Gasteiger partial charge in [-0.3, -0.25) is 9.59 Å². The van der Waals surface area contributed by atoms with Crippen LogP contribution in [0.4, 0.5) is 0 Å². The van der Waals surface area contributed by atoms with E-state index in [2.05, 4.69) is 29.7 Å². The normalized spacial score (nSPS) is 25.2. The minimum atomic E-state index is -0.0396. The zero-order valence-electron chi connectivity index (χ0n) is 16.6. The molecular formula is C24H26N2O2S. The van der Waals surface area contributed by atoms with Crippen molar-refractivity contribution in [3.05, 3.63) is 76.2 Å². The van der Waals surface area contributed by atoms with Crippen molar-refractivity contribution < 1.29 is 9.59 Å². The quantitative estimate of drug-likeness (QED) is 0.753. The van der Waals surface area contributed by atoms with Crippen LogP contribution in [0.2, 0.25) is 0 Å². The Morgan fingerprint density at radius 3 is 2.66 bits per heavy atom. The molecule has 150 valence electrons. The van der Waals surface area contributed by atoms with Crippen molar-refractivity contribution in [3.8, 4) is 0 Å². The van der Waals surface area contributed by atoms with Crippen molar-refractivity contribution >= 4 is 29.7 Å². The molecule has 3 unspecified atom stereocenters. The van der Waals surface area contributed by atoms with Gasteiger partial charge in [-0.2, -0.15) is 0 Å². The smallest absolute Gasteiger partial charge is 0.257 e. The lowest BCUT2D eigenvalue weighted by molar-refractivity contribution is -0.127. The van der Waals surface area contributed by atoms with E-state index in [0.717, 1.165) is 28.9 Å². The largest absolute Gasteiger partial charge is 0.352 e. The van der Waals surface area contributed by atoms with Crippen molar-refractivity contribution in [3.63, 3.8) is 0 Å². The Morgan fingerprint density at radius 1 is 1.14 bits per heavy atom. The second-order valence-corrected chi connectivity index (χ2v) is 9.15. The van der Waals surface area contributed by atoms with Crippen LogP contribution in [0.3, 0.4) is 0 Å². The molecule has 1 aliphatic heterocycles. The van der Waals surface area contributed by atoms with Crippen LogP contribution in [-0.2, 0) is 16.1 Å². The lowest BCUT2D eigenvalue weighted by Crippen LogP contribution is -2.51. The van der Waals surface area contributed by atoms with Gasteiger partial charge in [0.2, 0.25) is 5.91 Å². The van der Waals surface area contributed by atoms with Crippen LogP contribution in [0, 0.1) is 12.8 Å².